The quantitative estimate of drug-likeness (QED) is 0.734. The smallest absolute Gasteiger partial charge is 0.220 e. The van der Waals surface area contributed by atoms with E-state index in [1.807, 2.05) is 11.8 Å². The molecule has 0 aromatic carbocycles. The number of thioether (sulfide) groups is 1. The van der Waals surface area contributed by atoms with Crippen LogP contribution < -0.4 is 11.1 Å². The van der Waals surface area contributed by atoms with Crippen molar-refractivity contribution < 1.29 is 4.79 Å². The van der Waals surface area contributed by atoms with Crippen molar-refractivity contribution in [1.29, 1.82) is 0 Å². The normalized spacial score (nSPS) is 20.5. The van der Waals surface area contributed by atoms with E-state index in [9.17, 15) is 4.79 Å². The van der Waals surface area contributed by atoms with Crippen LogP contribution in [0, 0.1) is 11.3 Å². The van der Waals surface area contributed by atoms with Gasteiger partial charge in [-0.3, -0.25) is 4.79 Å². The Kier molecular flexibility index (Phi) is 6.34. The monoisotopic (exact) mass is 258 g/mol. The number of hydrogen-bond donors (Lipinski definition) is 2. The molecule has 0 aromatic heterocycles. The van der Waals surface area contributed by atoms with Gasteiger partial charge in [-0.05, 0) is 48.6 Å². The molecule has 0 aliphatic carbocycles. The Balaban J connectivity index is 2.11. The van der Waals surface area contributed by atoms with Gasteiger partial charge in [0, 0.05) is 13.0 Å². The summed E-state index contributed by atoms with van der Waals surface area (Å²) in [6, 6.07) is 0. The molecule has 1 unspecified atom stereocenters. The predicted molar refractivity (Wildman–Crippen MR) is 75.1 cm³/mol. The maximum absolute atomic E-state index is 11.7. The highest BCUT2D eigenvalue weighted by Crippen LogP contribution is 2.26. The zero-order valence-electron chi connectivity index (χ0n) is 11.1. The van der Waals surface area contributed by atoms with Gasteiger partial charge in [-0.15, -0.1) is 0 Å². The molecular formula is C13H26N2OS. The molecule has 1 heterocycles. The topological polar surface area (TPSA) is 55.1 Å². The molecule has 4 heteroatoms. The third-order valence-electron chi connectivity index (χ3n) is 3.46. The van der Waals surface area contributed by atoms with Crippen LogP contribution in [0.2, 0.25) is 0 Å². The predicted octanol–water partition coefficient (Wildman–Crippen LogP) is 2.01. The van der Waals surface area contributed by atoms with E-state index in [2.05, 4.69) is 19.2 Å². The molecule has 0 radical (unpaired) electrons. The van der Waals surface area contributed by atoms with Crippen molar-refractivity contribution >= 4 is 17.7 Å². The SMILES string of the molecule is CC(C)(CCN)CCC(=O)NCC1CCSC1. The van der Waals surface area contributed by atoms with Gasteiger partial charge >= 0.3 is 0 Å². The minimum atomic E-state index is 0.190. The number of hydrogen-bond acceptors (Lipinski definition) is 3. The summed E-state index contributed by atoms with van der Waals surface area (Å²) in [5.74, 6) is 3.36. The summed E-state index contributed by atoms with van der Waals surface area (Å²) in [6.45, 7) is 5.93. The van der Waals surface area contributed by atoms with Crippen molar-refractivity contribution in [2.24, 2.45) is 17.1 Å². The Morgan fingerprint density at radius 2 is 2.24 bits per heavy atom. The fourth-order valence-electron chi connectivity index (χ4n) is 2.06. The Morgan fingerprint density at radius 1 is 1.47 bits per heavy atom. The molecule has 3 N–H and O–H groups in total. The summed E-state index contributed by atoms with van der Waals surface area (Å²) in [4.78, 5) is 11.7. The number of nitrogens with two attached hydrogens (primary N) is 1. The molecule has 100 valence electrons. The number of rotatable bonds is 7. The fourth-order valence-corrected chi connectivity index (χ4v) is 3.34. The highest BCUT2D eigenvalue weighted by Gasteiger charge is 2.19. The van der Waals surface area contributed by atoms with Gasteiger partial charge in [0.1, 0.15) is 0 Å². The van der Waals surface area contributed by atoms with Crippen molar-refractivity contribution in [2.75, 3.05) is 24.6 Å². The number of nitrogens with one attached hydrogen (secondary N) is 1. The molecule has 17 heavy (non-hydrogen) atoms. The summed E-state index contributed by atoms with van der Waals surface area (Å²) < 4.78 is 0. The second-order valence-corrected chi connectivity index (χ2v) is 6.89. The second kappa shape index (κ2) is 7.27. The highest BCUT2D eigenvalue weighted by atomic mass is 32.2. The lowest BCUT2D eigenvalue weighted by Crippen LogP contribution is -2.30. The van der Waals surface area contributed by atoms with Crippen LogP contribution in [0.4, 0.5) is 0 Å². The minimum absolute atomic E-state index is 0.190. The van der Waals surface area contributed by atoms with Crippen molar-refractivity contribution in [3.8, 4) is 0 Å². The third kappa shape index (κ3) is 6.32. The van der Waals surface area contributed by atoms with Crippen LogP contribution in [0.25, 0.3) is 0 Å². The maximum Gasteiger partial charge on any atom is 0.220 e. The van der Waals surface area contributed by atoms with E-state index in [-0.39, 0.29) is 11.3 Å². The molecule has 1 amide bonds. The van der Waals surface area contributed by atoms with Gasteiger partial charge in [0.2, 0.25) is 5.91 Å². The van der Waals surface area contributed by atoms with Gasteiger partial charge in [-0.25, -0.2) is 0 Å². The molecule has 1 aliphatic rings. The number of carbonyl (C=O) groups is 1. The molecule has 0 saturated carbocycles. The van der Waals surface area contributed by atoms with E-state index in [0.29, 0.717) is 18.9 Å². The van der Waals surface area contributed by atoms with Gasteiger partial charge in [-0.1, -0.05) is 13.8 Å². The van der Waals surface area contributed by atoms with E-state index in [4.69, 9.17) is 5.73 Å². The molecule has 0 spiro atoms. The van der Waals surface area contributed by atoms with E-state index in [0.717, 1.165) is 19.4 Å². The Hall–Kier alpha value is -0.220. The minimum Gasteiger partial charge on any atom is -0.356 e. The molecule has 1 aliphatic heterocycles. The van der Waals surface area contributed by atoms with Crippen LogP contribution in [0.5, 0.6) is 0 Å². The molecule has 1 rings (SSSR count). The summed E-state index contributed by atoms with van der Waals surface area (Å²) in [5.41, 5.74) is 5.75. The van der Waals surface area contributed by atoms with Crippen molar-refractivity contribution in [3.63, 3.8) is 0 Å². The highest BCUT2D eigenvalue weighted by molar-refractivity contribution is 7.99. The first-order valence-electron chi connectivity index (χ1n) is 6.58. The lowest BCUT2D eigenvalue weighted by atomic mass is 9.84. The summed E-state index contributed by atoms with van der Waals surface area (Å²) in [6.07, 6.45) is 3.80. The van der Waals surface area contributed by atoms with Crippen LogP contribution in [0.1, 0.15) is 39.5 Å². The van der Waals surface area contributed by atoms with Crippen LogP contribution in [-0.4, -0.2) is 30.5 Å². The average molecular weight is 258 g/mol. The lowest BCUT2D eigenvalue weighted by molar-refractivity contribution is -0.121. The van der Waals surface area contributed by atoms with E-state index in [1.54, 1.807) is 0 Å². The van der Waals surface area contributed by atoms with Gasteiger partial charge in [0.15, 0.2) is 0 Å². The van der Waals surface area contributed by atoms with Crippen LogP contribution in [-0.2, 0) is 4.79 Å². The summed E-state index contributed by atoms with van der Waals surface area (Å²) in [5, 5.41) is 3.06. The Morgan fingerprint density at radius 3 is 2.82 bits per heavy atom. The Bertz CT molecular complexity index is 238. The first-order chi connectivity index (χ1) is 8.03. The van der Waals surface area contributed by atoms with Crippen LogP contribution >= 0.6 is 11.8 Å². The third-order valence-corrected chi connectivity index (χ3v) is 4.69. The Labute approximate surface area is 109 Å². The van der Waals surface area contributed by atoms with Gasteiger partial charge < -0.3 is 11.1 Å². The second-order valence-electron chi connectivity index (χ2n) is 5.74. The first kappa shape index (κ1) is 14.8. The van der Waals surface area contributed by atoms with Crippen LogP contribution in [0.15, 0.2) is 0 Å². The largest absolute Gasteiger partial charge is 0.356 e. The fraction of sp³-hybridized carbons (Fsp3) is 0.923. The molecule has 0 aromatic rings. The van der Waals surface area contributed by atoms with E-state index >= 15 is 0 Å². The summed E-state index contributed by atoms with van der Waals surface area (Å²) in [7, 11) is 0. The lowest BCUT2D eigenvalue weighted by Gasteiger charge is -2.23. The summed E-state index contributed by atoms with van der Waals surface area (Å²) >= 11 is 1.99. The van der Waals surface area contributed by atoms with Gasteiger partial charge in [0.05, 0.1) is 0 Å². The number of carbonyl (C=O) groups excluding carboxylic acids is 1. The maximum atomic E-state index is 11.7. The van der Waals surface area contributed by atoms with E-state index < -0.39 is 0 Å². The van der Waals surface area contributed by atoms with Gasteiger partial charge in [0.25, 0.3) is 0 Å². The van der Waals surface area contributed by atoms with Crippen molar-refractivity contribution in [3.05, 3.63) is 0 Å². The molecule has 1 fully saturated rings. The standard InChI is InChI=1S/C13H26N2OS/c1-13(2,6-7-14)5-3-12(16)15-9-11-4-8-17-10-11/h11H,3-10,14H2,1-2H3,(H,15,16). The molecular weight excluding hydrogens is 232 g/mol. The zero-order valence-corrected chi connectivity index (χ0v) is 11.9. The van der Waals surface area contributed by atoms with Crippen molar-refractivity contribution in [2.45, 2.75) is 39.5 Å². The van der Waals surface area contributed by atoms with E-state index in [1.165, 1.54) is 17.9 Å². The zero-order chi connectivity index (χ0) is 12.7. The average Bonchev–Trinajstić information content (AvgIpc) is 2.76. The number of amides is 1. The first-order valence-corrected chi connectivity index (χ1v) is 7.73. The molecule has 0 bridgehead atoms. The van der Waals surface area contributed by atoms with Crippen LogP contribution in [0.3, 0.4) is 0 Å². The molecule has 3 nitrogen and oxygen atoms in total. The van der Waals surface area contributed by atoms with Crippen molar-refractivity contribution in [1.82, 2.24) is 5.32 Å². The molecule has 1 atom stereocenters. The van der Waals surface area contributed by atoms with Gasteiger partial charge in [-0.2, -0.15) is 11.8 Å². The molecule has 1 saturated heterocycles.